The van der Waals surface area contributed by atoms with Crippen LogP contribution in [0.15, 0.2) is 30.5 Å². The molecule has 1 fully saturated rings. The molecule has 116 valence electrons. The number of carboxylic acids is 1. The molecule has 1 aliphatic rings. The molecule has 0 aliphatic heterocycles. The number of H-pyrrole nitrogens is 1. The summed E-state index contributed by atoms with van der Waals surface area (Å²) in [5, 5.41) is 13.3. The van der Waals surface area contributed by atoms with E-state index in [9.17, 15) is 14.7 Å². The van der Waals surface area contributed by atoms with Gasteiger partial charge in [0.1, 0.15) is 0 Å². The zero-order chi connectivity index (χ0) is 15.6. The average molecular weight is 300 g/mol. The maximum Gasteiger partial charge on any atom is 0.310 e. The number of aliphatic carboxylic acids is 1. The van der Waals surface area contributed by atoms with E-state index in [1.165, 1.54) is 0 Å². The van der Waals surface area contributed by atoms with Gasteiger partial charge in [0.2, 0.25) is 5.91 Å². The average Bonchev–Trinajstić information content (AvgIpc) is 2.86. The number of aromatic amines is 1. The molecule has 0 bridgehead atoms. The normalized spacial score (nSPS) is 16.2. The van der Waals surface area contributed by atoms with Crippen molar-refractivity contribution in [1.82, 2.24) is 10.3 Å². The molecule has 3 N–H and O–H groups in total. The van der Waals surface area contributed by atoms with Crippen LogP contribution in [-0.4, -0.2) is 28.5 Å². The quantitative estimate of drug-likeness (QED) is 0.766. The molecule has 0 saturated heterocycles. The Kier molecular flexibility index (Phi) is 3.88. The second-order valence-corrected chi connectivity index (χ2v) is 6.08. The summed E-state index contributed by atoms with van der Waals surface area (Å²) in [6.07, 6.45) is 4.90. The van der Waals surface area contributed by atoms with Crippen LogP contribution in [0.5, 0.6) is 0 Å². The molecule has 0 radical (unpaired) electrons. The first-order chi connectivity index (χ1) is 10.6. The lowest BCUT2D eigenvalue weighted by Gasteiger charge is -2.36. The topological polar surface area (TPSA) is 82.2 Å². The van der Waals surface area contributed by atoms with Gasteiger partial charge in [-0.25, -0.2) is 0 Å². The number of benzene rings is 1. The maximum atomic E-state index is 12.0. The van der Waals surface area contributed by atoms with Crippen molar-refractivity contribution in [3.63, 3.8) is 0 Å². The van der Waals surface area contributed by atoms with Crippen LogP contribution in [0.1, 0.15) is 31.2 Å². The van der Waals surface area contributed by atoms with Crippen LogP contribution in [-0.2, 0) is 16.0 Å². The summed E-state index contributed by atoms with van der Waals surface area (Å²) < 4.78 is 0. The Hall–Kier alpha value is -2.30. The van der Waals surface area contributed by atoms with Gasteiger partial charge in [0, 0.05) is 30.1 Å². The lowest BCUT2D eigenvalue weighted by Crippen LogP contribution is -2.42. The minimum Gasteiger partial charge on any atom is -0.481 e. The maximum absolute atomic E-state index is 12.0. The van der Waals surface area contributed by atoms with E-state index in [0.717, 1.165) is 29.3 Å². The van der Waals surface area contributed by atoms with E-state index in [1.54, 1.807) is 0 Å². The third kappa shape index (κ3) is 2.71. The van der Waals surface area contributed by atoms with Gasteiger partial charge < -0.3 is 15.4 Å². The zero-order valence-electron chi connectivity index (χ0n) is 12.4. The molecular weight excluding hydrogens is 280 g/mol. The third-order valence-electron chi connectivity index (χ3n) is 4.65. The van der Waals surface area contributed by atoms with Gasteiger partial charge in [-0.15, -0.1) is 0 Å². The summed E-state index contributed by atoms with van der Waals surface area (Å²) in [5.41, 5.74) is 1.43. The van der Waals surface area contributed by atoms with Gasteiger partial charge in [0.25, 0.3) is 0 Å². The van der Waals surface area contributed by atoms with Gasteiger partial charge in [0.15, 0.2) is 0 Å². The number of aromatic nitrogens is 1. The molecule has 1 saturated carbocycles. The van der Waals surface area contributed by atoms with Crippen LogP contribution >= 0.6 is 0 Å². The van der Waals surface area contributed by atoms with Crippen molar-refractivity contribution < 1.29 is 14.7 Å². The van der Waals surface area contributed by atoms with E-state index in [2.05, 4.69) is 16.4 Å². The van der Waals surface area contributed by atoms with Gasteiger partial charge in [-0.2, -0.15) is 0 Å². The molecule has 1 heterocycles. The number of fused-ring (bicyclic) bond motifs is 1. The Morgan fingerprint density at radius 2 is 2.05 bits per heavy atom. The molecule has 0 unspecified atom stereocenters. The molecule has 1 aromatic carbocycles. The fraction of sp³-hybridized carbons (Fsp3) is 0.412. The molecule has 2 aromatic rings. The number of carboxylic acid groups (broad SMARTS) is 1. The summed E-state index contributed by atoms with van der Waals surface area (Å²) in [4.78, 5) is 26.4. The molecule has 0 atom stereocenters. The first-order valence-corrected chi connectivity index (χ1v) is 7.66. The molecule has 1 amide bonds. The fourth-order valence-corrected chi connectivity index (χ4v) is 3.11. The van der Waals surface area contributed by atoms with E-state index in [4.69, 9.17) is 0 Å². The highest BCUT2D eigenvalue weighted by molar-refractivity contribution is 5.86. The van der Waals surface area contributed by atoms with Crippen LogP contribution < -0.4 is 5.32 Å². The minimum absolute atomic E-state index is 0.0935. The van der Waals surface area contributed by atoms with Gasteiger partial charge >= 0.3 is 5.97 Å². The first-order valence-electron chi connectivity index (χ1n) is 7.66. The molecule has 5 nitrogen and oxygen atoms in total. The second-order valence-electron chi connectivity index (χ2n) is 6.08. The lowest BCUT2D eigenvalue weighted by molar-refractivity contribution is -0.157. The van der Waals surface area contributed by atoms with E-state index < -0.39 is 11.4 Å². The summed E-state index contributed by atoms with van der Waals surface area (Å²) in [5.74, 6) is -1.01. The van der Waals surface area contributed by atoms with E-state index in [0.29, 0.717) is 19.4 Å². The van der Waals surface area contributed by atoms with Crippen molar-refractivity contribution in [2.24, 2.45) is 5.41 Å². The molecular formula is C17H20N2O3. The summed E-state index contributed by atoms with van der Waals surface area (Å²) in [6, 6.07) is 8.04. The fourth-order valence-electron chi connectivity index (χ4n) is 3.11. The second kappa shape index (κ2) is 5.83. The zero-order valence-corrected chi connectivity index (χ0v) is 12.4. The van der Waals surface area contributed by atoms with E-state index >= 15 is 0 Å². The highest BCUT2D eigenvalue weighted by atomic mass is 16.4. The summed E-state index contributed by atoms with van der Waals surface area (Å²) in [6.45, 7) is 0.524. The molecule has 3 rings (SSSR count). The molecule has 0 spiro atoms. The van der Waals surface area contributed by atoms with Gasteiger partial charge in [-0.3, -0.25) is 9.59 Å². The molecule has 5 heteroatoms. The highest BCUT2D eigenvalue weighted by Crippen LogP contribution is 2.44. The summed E-state index contributed by atoms with van der Waals surface area (Å²) in [7, 11) is 0. The molecule has 22 heavy (non-hydrogen) atoms. The SMILES string of the molecule is O=C(CC1(C(=O)O)CCC1)NCCc1c[nH]c2ccccc12. The Morgan fingerprint density at radius 1 is 1.27 bits per heavy atom. The standard InChI is InChI=1S/C17H20N2O3/c20-15(10-17(16(21)22)7-3-8-17)18-9-6-12-11-19-14-5-2-1-4-13(12)14/h1-2,4-5,11,19H,3,6-10H2,(H,18,20)(H,21,22). The number of hydrogen-bond donors (Lipinski definition) is 3. The Balaban J connectivity index is 1.53. The van der Waals surface area contributed by atoms with Crippen molar-refractivity contribution in [1.29, 1.82) is 0 Å². The van der Waals surface area contributed by atoms with Gasteiger partial charge in [0.05, 0.1) is 5.41 Å². The van der Waals surface area contributed by atoms with Crippen molar-refractivity contribution in [2.75, 3.05) is 6.54 Å². The van der Waals surface area contributed by atoms with Crippen molar-refractivity contribution in [3.05, 3.63) is 36.0 Å². The monoisotopic (exact) mass is 300 g/mol. The van der Waals surface area contributed by atoms with Crippen molar-refractivity contribution in [2.45, 2.75) is 32.1 Å². The Labute approximate surface area is 128 Å². The predicted molar refractivity (Wildman–Crippen MR) is 83.5 cm³/mol. The van der Waals surface area contributed by atoms with E-state index in [1.807, 2.05) is 24.4 Å². The van der Waals surface area contributed by atoms with E-state index in [-0.39, 0.29) is 12.3 Å². The van der Waals surface area contributed by atoms with Crippen LogP contribution in [0, 0.1) is 5.41 Å². The van der Waals surface area contributed by atoms with Crippen molar-refractivity contribution >= 4 is 22.8 Å². The number of hydrogen-bond acceptors (Lipinski definition) is 2. The number of carbonyl (C=O) groups is 2. The summed E-state index contributed by atoms with van der Waals surface area (Å²) >= 11 is 0. The predicted octanol–water partition coefficient (Wildman–Crippen LogP) is 2.47. The van der Waals surface area contributed by atoms with Crippen molar-refractivity contribution in [3.8, 4) is 0 Å². The van der Waals surface area contributed by atoms with Crippen LogP contribution in [0.25, 0.3) is 10.9 Å². The first kappa shape index (κ1) is 14.6. The van der Waals surface area contributed by atoms with Crippen LogP contribution in [0.4, 0.5) is 0 Å². The highest BCUT2D eigenvalue weighted by Gasteiger charge is 2.45. The van der Waals surface area contributed by atoms with Crippen LogP contribution in [0.2, 0.25) is 0 Å². The van der Waals surface area contributed by atoms with Gasteiger partial charge in [-0.1, -0.05) is 24.6 Å². The number of para-hydroxylation sites is 1. The Morgan fingerprint density at radius 3 is 2.73 bits per heavy atom. The largest absolute Gasteiger partial charge is 0.481 e. The number of nitrogens with one attached hydrogen (secondary N) is 2. The van der Waals surface area contributed by atoms with Gasteiger partial charge in [-0.05, 0) is 30.9 Å². The lowest BCUT2D eigenvalue weighted by atomic mass is 9.66. The number of carbonyl (C=O) groups excluding carboxylic acids is 1. The molecule has 1 aliphatic carbocycles. The number of rotatable bonds is 6. The van der Waals surface area contributed by atoms with Crippen LogP contribution in [0.3, 0.4) is 0 Å². The smallest absolute Gasteiger partial charge is 0.310 e. The minimum atomic E-state index is -0.842. The Bertz CT molecular complexity index is 701. The number of amides is 1. The molecule has 1 aromatic heterocycles. The third-order valence-corrected chi connectivity index (χ3v) is 4.65.